The summed E-state index contributed by atoms with van der Waals surface area (Å²) < 4.78 is 1.96. The fourth-order valence-electron chi connectivity index (χ4n) is 3.59. The van der Waals surface area contributed by atoms with Crippen molar-refractivity contribution in [2.24, 2.45) is 11.8 Å². The molecule has 1 fully saturated rings. The number of rotatable bonds is 7. The number of carbonyl (C=O) groups is 1. The highest BCUT2D eigenvalue weighted by Crippen LogP contribution is 2.36. The Labute approximate surface area is 156 Å². The molecule has 26 heavy (non-hydrogen) atoms. The van der Waals surface area contributed by atoms with Crippen LogP contribution in [0.15, 0.2) is 42.7 Å². The van der Waals surface area contributed by atoms with Crippen molar-refractivity contribution < 1.29 is 4.79 Å². The maximum absolute atomic E-state index is 12.3. The molecule has 1 aliphatic rings. The first-order valence-electron chi connectivity index (χ1n) is 9.51. The Morgan fingerprint density at radius 2 is 1.96 bits per heavy atom. The molecule has 2 aromatic rings. The monoisotopic (exact) mass is 354 g/mol. The van der Waals surface area contributed by atoms with Gasteiger partial charge in [-0.2, -0.15) is 5.10 Å². The molecule has 0 bridgehead atoms. The third kappa shape index (κ3) is 4.15. The van der Waals surface area contributed by atoms with Gasteiger partial charge in [-0.1, -0.05) is 44.2 Å². The Balaban J connectivity index is 1.71. The van der Waals surface area contributed by atoms with E-state index in [2.05, 4.69) is 49.5 Å². The first-order valence-corrected chi connectivity index (χ1v) is 9.51. The van der Waals surface area contributed by atoms with E-state index < -0.39 is 0 Å². The quantitative estimate of drug-likeness (QED) is 0.831. The van der Waals surface area contributed by atoms with E-state index in [1.807, 2.05) is 41.0 Å². The number of amides is 1. The molecule has 1 amide bonds. The van der Waals surface area contributed by atoms with Gasteiger partial charge in [0.15, 0.2) is 0 Å². The minimum atomic E-state index is 0.0962. The summed E-state index contributed by atoms with van der Waals surface area (Å²) in [5.74, 6) is 1.08. The van der Waals surface area contributed by atoms with Gasteiger partial charge in [-0.15, -0.1) is 0 Å². The zero-order chi connectivity index (χ0) is 18.7. The number of nitrogens with zero attached hydrogens (tertiary/aromatic N) is 3. The topological polar surface area (TPSA) is 50.2 Å². The van der Waals surface area contributed by atoms with Crippen molar-refractivity contribution in [3.8, 4) is 0 Å². The summed E-state index contributed by atoms with van der Waals surface area (Å²) in [6.07, 6.45) is 4.61. The number of likely N-dealkylation sites (tertiary alicyclic amines) is 1. The number of nitrogens with one attached hydrogen (secondary N) is 1. The second-order valence-corrected chi connectivity index (χ2v) is 7.81. The van der Waals surface area contributed by atoms with Gasteiger partial charge in [0.1, 0.15) is 0 Å². The third-order valence-electron chi connectivity index (χ3n) is 5.58. The van der Waals surface area contributed by atoms with Crippen molar-refractivity contribution in [1.29, 1.82) is 0 Å². The number of aromatic nitrogens is 2. The average Bonchev–Trinajstić information content (AvgIpc) is 3.18. The lowest BCUT2D eigenvalue weighted by Gasteiger charge is -2.26. The van der Waals surface area contributed by atoms with Gasteiger partial charge in [0.2, 0.25) is 5.91 Å². The SMILES string of the molecule is CC(C)C(C)NC[C@@H]1CC(=O)N(C)[C@H]1c1cnn(Cc2ccccc2)c1. The molecule has 1 unspecified atom stereocenters. The van der Waals surface area contributed by atoms with Crippen LogP contribution < -0.4 is 5.32 Å². The van der Waals surface area contributed by atoms with Crippen molar-refractivity contribution >= 4 is 5.91 Å². The molecule has 0 radical (unpaired) electrons. The van der Waals surface area contributed by atoms with Gasteiger partial charge in [0, 0.05) is 43.7 Å². The number of hydrogen-bond acceptors (Lipinski definition) is 3. The molecule has 0 spiro atoms. The average molecular weight is 354 g/mol. The van der Waals surface area contributed by atoms with Crippen LogP contribution in [0.4, 0.5) is 0 Å². The summed E-state index contributed by atoms with van der Waals surface area (Å²) in [6, 6.07) is 10.9. The fourth-order valence-corrected chi connectivity index (χ4v) is 3.59. The summed E-state index contributed by atoms with van der Waals surface area (Å²) >= 11 is 0. The van der Waals surface area contributed by atoms with Crippen molar-refractivity contribution in [2.45, 2.75) is 45.8 Å². The van der Waals surface area contributed by atoms with Crippen LogP contribution in [0, 0.1) is 11.8 Å². The van der Waals surface area contributed by atoms with Crippen LogP contribution in [0.5, 0.6) is 0 Å². The standard InChI is InChI=1S/C21H30N4O/c1-15(2)16(3)22-11-18-10-20(26)24(4)21(18)19-12-23-25(14-19)13-17-8-6-5-7-9-17/h5-9,12,14-16,18,21-22H,10-11,13H2,1-4H3/t16?,18-,21+/m0/s1. The van der Waals surface area contributed by atoms with Crippen LogP contribution in [0.1, 0.15) is 44.4 Å². The largest absolute Gasteiger partial charge is 0.338 e. The van der Waals surface area contributed by atoms with Crippen molar-refractivity contribution in [3.63, 3.8) is 0 Å². The third-order valence-corrected chi connectivity index (χ3v) is 5.58. The predicted octanol–water partition coefficient (Wildman–Crippen LogP) is 3.08. The van der Waals surface area contributed by atoms with Gasteiger partial charge in [-0.05, 0) is 18.4 Å². The molecule has 2 heterocycles. The second kappa shape index (κ2) is 8.04. The molecule has 0 aliphatic carbocycles. The molecule has 140 valence electrons. The Kier molecular flexibility index (Phi) is 5.77. The first-order chi connectivity index (χ1) is 12.5. The maximum atomic E-state index is 12.3. The van der Waals surface area contributed by atoms with Gasteiger partial charge in [0.05, 0.1) is 18.8 Å². The first kappa shape index (κ1) is 18.6. The number of carbonyl (C=O) groups excluding carboxylic acids is 1. The van der Waals surface area contributed by atoms with Gasteiger partial charge in [-0.25, -0.2) is 0 Å². The van der Waals surface area contributed by atoms with E-state index in [9.17, 15) is 4.79 Å². The van der Waals surface area contributed by atoms with E-state index in [0.717, 1.165) is 18.7 Å². The normalized spacial score (nSPS) is 21.6. The van der Waals surface area contributed by atoms with Crippen LogP contribution in [0.3, 0.4) is 0 Å². The van der Waals surface area contributed by atoms with E-state index in [0.29, 0.717) is 18.4 Å². The Hall–Kier alpha value is -2.14. The maximum Gasteiger partial charge on any atom is 0.223 e. The predicted molar refractivity (Wildman–Crippen MR) is 104 cm³/mol. The van der Waals surface area contributed by atoms with E-state index in [1.165, 1.54) is 5.56 Å². The lowest BCUT2D eigenvalue weighted by atomic mass is 9.95. The molecule has 5 heteroatoms. The van der Waals surface area contributed by atoms with Crippen LogP contribution in [0.25, 0.3) is 0 Å². The molecule has 0 saturated carbocycles. The van der Waals surface area contributed by atoms with Gasteiger partial charge < -0.3 is 10.2 Å². The van der Waals surface area contributed by atoms with Crippen LogP contribution in [-0.2, 0) is 11.3 Å². The molecule has 5 nitrogen and oxygen atoms in total. The lowest BCUT2D eigenvalue weighted by molar-refractivity contribution is -0.127. The Bertz CT molecular complexity index is 725. The molecule has 1 N–H and O–H groups in total. The second-order valence-electron chi connectivity index (χ2n) is 7.81. The molecular formula is C21H30N4O. The zero-order valence-electron chi connectivity index (χ0n) is 16.2. The van der Waals surface area contributed by atoms with Gasteiger partial charge in [-0.3, -0.25) is 9.48 Å². The highest BCUT2D eigenvalue weighted by molar-refractivity contribution is 5.79. The number of benzene rings is 1. The lowest BCUT2D eigenvalue weighted by Crippen LogP contribution is -2.36. The van der Waals surface area contributed by atoms with Gasteiger partial charge in [0.25, 0.3) is 0 Å². The molecular weight excluding hydrogens is 324 g/mol. The van der Waals surface area contributed by atoms with Crippen molar-refractivity contribution in [1.82, 2.24) is 20.0 Å². The smallest absolute Gasteiger partial charge is 0.223 e. The summed E-state index contributed by atoms with van der Waals surface area (Å²) in [4.78, 5) is 14.2. The molecule has 1 aromatic carbocycles. The van der Waals surface area contributed by atoms with Crippen LogP contribution >= 0.6 is 0 Å². The van der Waals surface area contributed by atoms with Crippen molar-refractivity contribution in [3.05, 3.63) is 53.9 Å². The zero-order valence-corrected chi connectivity index (χ0v) is 16.2. The summed E-state index contributed by atoms with van der Waals surface area (Å²) in [7, 11) is 1.91. The molecule has 1 aliphatic heterocycles. The van der Waals surface area contributed by atoms with E-state index in [4.69, 9.17) is 0 Å². The Morgan fingerprint density at radius 3 is 2.65 bits per heavy atom. The highest BCUT2D eigenvalue weighted by atomic mass is 16.2. The minimum absolute atomic E-state index is 0.0962. The highest BCUT2D eigenvalue weighted by Gasteiger charge is 2.39. The summed E-state index contributed by atoms with van der Waals surface area (Å²) in [5.41, 5.74) is 2.35. The molecule has 1 saturated heterocycles. The molecule has 3 atom stereocenters. The number of hydrogen-bond donors (Lipinski definition) is 1. The molecule has 3 rings (SSSR count). The van der Waals surface area contributed by atoms with E-state index in [1.54, 1.807) is 0 Å². The summed E-state index contributed by atoms with van der Waals surface area (Å²) in [5, 5.41) is 8.14. The fraction of sp³-hybridized carbons (Fsp3) is 0.524. The van der Waals surface area contributed by atoms with Gasteiger partial charge >= 0.3 is 0 Å². The minimum Gasteiger partial charge on any atom is -0.338 e. The molecule has 1 aromatic heterocycles. The summed E-state index contributed by atoms with van der Waals surface area (Å²) in [6.45, 7) is 8.24. The van der Waals surface area contributed by atoms with Crippen molar-refractivity contribution in [2.75, 3.05) is 13.6 Å². The van der Waals surface area contributed by atoms with Crippen LogP contribution in [0.2, 0.25) is 0 Å². The van der Waals surface area contributed by atoms with Crippen LogP contribution in [-0.4, -0.2) is 40.2 Å². The van der Waals surface area contributed by atoms with E-state index >= 15 is 0 Å². The van der Waals surface area contributed by atoms with E-state index in [-0.39, 0.29) is 17.9 Å². The Morgan fingerprint density at radius 1 is 1.23 bits per heavy atom.